The molecule has 5 heteroatoms. The fourth-order valence-corrected chi connectivity index (χ4v) is 3.92. The highest BCUT2D eigenvalue weighted by molar-refractivity contribution is 7.99. The van der Waals surface area contributed by atoms with Gasteiger partial charge in [-0.2, -0.15) is 0 Å². The number of hydrogen-bond donors (Lipinski definition) is 1. The number of aryl methyl sites for hydroxylation is 3. The van der Waals surface area contributed by atoms with Gasteiger partial charge < -0.3 is 14.5 Å². The van der Waals surface area contributed by atoms with Crippen molar-refractivity contribution in [2.24, 2.45) is 0 Å². The highest BCUT2D eigenvalue weighted by atomic mass is 32.2. The SMILES string of the molecule is CCCc1ccc(CCc2cc(=O)cc(OCC3OCCCS3)[nH]2)cc1. The molecule has 1 N–H and O–H groups in total. The van der Waals surface area contributed by atoms with Crippen LogP contribution in [0.2, 0.25) is 0 Å². The number of H-pyrrole nitrogens is 1. The standard InChI is InChI=1S/C21H27NO3S/c1-2-4-16-5-7-17(8-6-16)9-10-18-13-19(23)14-20(22-18)25-15-21-24-11-3-12-26-21/h5-8,13-14,21H,2-4,9-12,15H2,1H3,(H,22,23). The fraction of sp³-hybridized carbons (Fsp3) is 0.476. The summed E-state index contributed by atoms with van der Waals surface area (Å²) >= 11 is 1.76. The number of aromatic nitrogens is 1. The van der Waals surface area contributed by atoms with Gasteiger partial charge >= 0.3 is 0 Å². The second-order valence-electron chi connectivity index (χ2n) is 6.61. The molecule has 0 saturated carbocycles. The molecule has 1 aromatic carbocycles. The topological polar surface area (TPSA) is 51.3 Å². The average Bonchev–Trinajstić information content (AvgIpc) is 2.67. The summed E-state index contributed by atoms with van der Waals surface area (Å²) in [5.41, 5.74) is 3.59. The molecule has 3 rings (SSSR count). The number of thioether (sulfide) groups is 1. The van der Waals surface area contributed by atoms with Crippen LogP contribution < -0.4 is 10.2 Å². The Morgan fingerprint density at radius 1 is 1.15 bits per heavy atom. The molecule has 1 atom stereocenters. The van der Waals surface area contributed by atoms with E-state index in [-0.39, 0.29) is 10.9 Å². The summed E-state index contributed by atoms with van der Waals surface area (Å²) in [5.74, 6) is 1.63. The van der Waals surface area contributed by atoms with E-state index >= 15 is 0 Å². The van der Waals surface area contributed by atoms with Gasteiger partial charge in [-0.05, 0) is 42.6 Å². The van der Waals surface area contributed by atoms with Crippen LogP contribution in [0.4, 0.5) is 0 Å². The normalized spacial score (nSPS) is 17.2. The van der Waals surface area contributed by atoms with Crippen molar-refractivity contribution >= 4 is 11.8 Å². The lowest BCUT2D eigenvalue weighted by molar-refractivity contribution is 0.0693. The second-order valence-corrected chi connectivity index (χ2v) is 7.88. The van der Waals surface area contributed by atoms with Gasteiger partial charge in [0, 0.05) is 24.4 Å². The Labute approximate surface area is 159 Å². The van der Waals surface area contributed by atoms with Crippen molar-refractivity contribution in [1.29, 1.82) is 0 Å². The highest BCUT2D eigenvalue weighted by Gasteiger charge is 2.15. The van der Waals surface area contributed by atoms with E-state index in [0.717, 1.165) is 50.2 Å². The van der Waals surface area contributed by atoms with Gasteiger partial charge in [0.05, 0.1) is 0 Å². The van der Waals surface area contributed by atoms with Crippen molar-refractivity contribution in [3.05, 3.63) is 63.4 Å². The number of hydrogen-bond acceptors (Lipinski definition) is 4. The minimum atomic E-state index is -0.0238. The van der Waals surface area contributed by atoms with E-state index in [0.29, 0.717) is 12.5 Å². The van der Waals surface area contributed by atoms with Crippen molar-refractivity contribution in [3.63, 3.8) is 0 Å². The maximum absolute atomic E-state index is 12.0. The first-order valence-electron chi connectivity index (χ1n) is 9.40. The first kappa shape index (κ1) is 19.1. The van der Waals surface area contributed by atoms with Gasteiger partial charge in [-0.15, -0.1) is 11.8 Å². The highest BCUT2D eigenvalue weighted by Crippen LogP contribution is 2.20. The smallest absolute Gasteiger partial charge is 0.194 e. The Balaban J connectivity index is 1.55. The molecule has 140 valence electrons. The summed E-state index contributed by atoms with van der Waals surface area (Å²) < 4.78 is 11.4. The second kappa shape index (κ2) is 9.83. The van der Waals surface area contributed by atoms with Crippen LogP contribution in [0.3, 0.4) is 0 Å². The van der Waals surface area contributed by atoms with E-state index in [2.05, 4.69) is 36.2 Å². The first-order valence-corrected chi connectivity index (χ1v) is 10.4. The van der Waals surface area contributed by atoms with Crippen molar-refractivity contribution in [2.45, 2.75) is 44.5 Å². The van der Waals surface area contributed by atoms with Gasteiger partial charge in [0.2, 0.25) is 0 Å². The predicted octanol–water partition coefficient (Wildman–Crippen LogP) is 3.97. The van der Waals surface area contributed by atoms with Crippen LogP contribution >= 0.6 is 11.8 Å². The van der Waals surface area contributed by atoms with E-state index in [1.54, 1.807) is 17.8 Å². The van der Waals surface area contributed by atoms with Crippen LogP contribution in [0.5, 0.6) is 5.88 Å². The zero-order chi connectivity index (χ0) is 18.2. The molecule has 2 aromatic rings. The molecule has 26 heavy (non-hydrogen) atoms. The molecular weight excluding hydrogens is 346 g/mol. The van der Waals surface area contributed by atoms with Crippen LogP contribution in [0, 0.1) is 0 Å². The van der Waals surface area contributed by atoms with E-state index in [9.17, 15) is 4.79 Å². The summed E-state index contributed by atoms with van der Waals surface area (Å²) in [6.07, 6.45) is 5.06. The summed E-state index contributed by atoms with van der Waals surface area (Å²) in [6, 6.07) is 11.9. The Bertz CT molecular complexity index is 736. The maximum atomic E-state index is 12.0. The number of aromatic amines is 1. The van der Waals surface area contributed by atoms with Crippen LogP contribution in [-0.4, -0.2) is 29.4 Å². The zero-order valence-electron chi connectivity index (χ0n) is 15.3. The number of nitrogens with one attached hydrogen (secondary N) is 1. The average molecular weight is 374 g/mol. The number of ether oxygens (including phenoxy) is 2. The summed E-state index contributed by atoms with van der Waals surface area (Å²) in [5, 5.41) is 0. The molecule has 1 aliphatic heterocycles. The van der Waals surface area contributed by atoms with E-state index in [1.807, 2.05) is 0 Å². The molecule has 2 heterocycles. The van der Waals surface area contributed by atoms with Crippen molar-refractivity contribution in [2.75, 3.05) is 19.0 Å². The molecule has 1 unspecified atom stereocenters. The largest absolute Gasteiger partial charge is 0.475 e. The van der Waals surface area contributed by atoms with Gasteiger partial charge in [0.15, 0.2) is 11.3 Å². The molecule has 1 fully saturated rings. The number of benzene rings is 1. The van der Waals surface area contributed by atoms with E-state index in [1.165, 1.54) is 17.2 Å². The molecule has 1 saturated heterocycles. The van der Waals surface area contributed by atoms with Gasteiger partial charge in [-0.25, -0.2) is 0 Å². The van der Waals surface area contributed by atoms with Crippen LogP contribution in [0.25, 0.3) is 0 Å². The molecule has 1 aromatic heterocycles. The predicted molar refractivity (Wildman–Crippen MR) is 107 cm³/mol. The summed E-state index contributed by atoms with van der Waals surface area (Å²) in [7, 11) is 0. The Kier molecular flexibility index (Phi) is 7.21. The van der Waals surface area contributed by atoms with E-state index in [4.69, 9.17) is 9.47 Å². The Morgan fingerprint density at radius 3 is 2.62 bits per heavy atom. The third kappa shape index (κ3) is 5.92. The molecule has 0 bridgehead atoms. The lowest BCUT2D eigenvalue weighted by Crippen LogP contribution is -2.24. The van der Waals surface area contributed by atoms with Gasteiger partial charge in [-0.1, -0.05) is 37.6 Å². The maximum Gasteiger partial charge on any atom is 0.194 e. The third-order valence-corrected chi connectivity index (χ3v) is 5.56. The summed E-state index contributed by atoms with van der Waals surface area (Å²) in [4.78, 5) is 15.2. The van der Waals surface area contributed by atoms with Crippen LogP contribution in [0.15, 0.2) is 41.2 Å². The minimum absolute atomic E-state index is 0.0238. The van der Waals surface area contributed by atoms with Gasteiger partial charge in [0.25, 0.3) is 0 Å². The van der Waals surface area contributed by atoms with Crippen molar-refractivity contribution < 1.29 is 9.47 Å². The molecule has 4 nitrogen and oxygen atoms in total. The number of pyridine rings is 1. The van der Waals surface area contributed by atoms with Crippen LogP contribution in [0.1, 0.15) is 36.6 Å². The van der Waals surface area contributed by atoms with Gasteiger partial charge in [-0.3, -0.25) is 4.79 Å². The molecule has 0 amide bonds. The molecule has 1 aliphatic rings. The van der Waals surface area contributed by atoms with Gasteiger partial charge in [0.1, 0.15) is 12.0 Å². The third-order valence-electron chi connectivity index (χ3n) is 4.39. The lowest BCUT2D eigenvalue weighted by Gasteiger charge is -2.22. The zero-order valence-corrected chi connectivity index (χ0v) is 16.1. The van der Waals surface area contributed by atoms with Crippen LogP contribution in [-0.2, 0) is 24.0 Å². The van der Waals surface area contributed by atoms with Crippen molar-refractivity contribution in [1.82, 2.24) is 4.98 Å². The lowest BCUT2D eigenvalue weighted by atomic mass is 10.0. The van der Waals surface area contributed by atoms with E-state index < -0.39 is 0 Å². The molecule has 0 radical (unpaired) electrons. The Hall–Kier alpha value is -1.72. The Morgan fingerprint density at radius 2 is 1.92 bits per heavy atom. The fourth-order valence-electron chi connectivity index (χ4n) is 3.02. The number of rotatable bonds is 8. The molecule has 0 spiro atoms. The molecular formula is C21H27NO3S. The minimum Gasteiger partial charge on any atom is -0.475 e. The van der Waals surface area contributed by atoms with Crippen molar-refractivity contribution in [3.8, 4) is 5.88 Å². The molecule has 0 aliphatic carbocycles. The quantitative estimate of drug-likeness (QED) is 0.761. The first-order chi connectivity index (χ1) is 12.7. The summed E-state index contributed by atoms with van der Waals surface area (Å²) in [6.45, 7) is 3.44. The monoisotopic (exact) mass is 373 g/mol.